The number of amides is 1. The number of nitriles is 1. The van der Waals surface area contributed by atoms with Gasteiger partial charge in [0.2, 0.25) is 0 Å². The molecule has 7 rings (SSSR count). The van der Waals surface area contributed by atoms with Crippen LogP contribution in [0.4, 0.5) is 10.2 Å². The van der Waals surface area contributed by atoms with Crippen molar-refractivity contribution < 1.29 is 9.18 Å². The Morgan fingerprint density at radius 1 is 0.955 bits per heavy atom. The number of carbonyl (C=O) groups excluding carboxylic acids is 1. The Kier molecular flexibility index (Phi) is 6.73. The molecule has 0 bridgehead atoms. The predicted octanol–water partition coefficient (Wildman–Crippen LogP) is 6.28. The van der Waals surface area contributed by atoms with Crippen LogP contribution in [0.2, 0.25) is 0 Å². The number of thiazole rings is 1. The van der Waals surface area contributed by atoms with Crippen LogP contribution in [-0.4, -0.2) is 30.4 Å². The lowest BCUT2D eigenvalue weighted by Crippen LogP contribution is -2.23. The highest BCUT2D eigenvalue weighted by Gasteiger charge is 2.19. The van der Waals surface area contributed by atoms with Gasteiger partial charge in [0.1, 0.15) is 23.2 Å². The number of aromatic nitrogens is 5. The van der Waals surface area contributed by atoms with E-state index in [4.69, 9.17) is 15.7 Å². The average Bonchev–Trinajstić information content (AvgIpc) is 3.65. The predicted molar refractivity (Wildman–Crippen MR) is 167 cm³/mol. The second kappa shape index (κ2) is 11.0. The third-order valence-electron chi connectivity index (χ3n) is 7.10. The van der Waals surface area contributed by atoms with Crippen molar-refractivity contribution >= 4 is 44.4 Å². The van der Waals surface area contributed by atoms with Gasteiger partial charge in [0, 0.05) is 30.1 Å². The number of rotatable bonds is 6. The molecule has 9 nitrogen and oxygen atoms in total. The van der Waals surface area contributed by atoms with Crippen LogP contribution in [0.25, 0.3) is 49.7 Å². The number of fused-ring (bicyclic) bond motifs is 2. The SMILES string of the molecule is N#Cc1nc2cc(F)cc(C(=O)NCc3ccc(-n4c(-c5cccnc5N)nc5ccc(-c6ccccc6)nc54)cc3)c2s1. The van der Waals surface area contributed by atoms with Crippen LogP contribution >= 0.6 is 11.3 Å². The summed E-state index contributed by atoms with van der Waals surface area (Å²) in [5, 5.41) is 12.2. The molecule has 7 aromatic rings. The summed E-state index contributed by atoms with van der Waals surface area (Å²) in [6.07, 6.45) is 1.63. The molecule has 0 radical (unpaired) electrons. The van der Waals surface area contributed by atoms with Crippen molar-refractivity contribution in [2.24, 2.45) is 0 Å². The number of anilines is 1. The fourth-order valence-electron chi connectivity index (χ4n) is 5.01. The molecule has 4 aromatic heterocycles. The summed E-state index contributed by atoms with van der Waals surface area (Å²) in [7, 11) is 0. The van der Waals surface area contributed by atoms with E-state index >= 15 is 0 Å². The van der Waals surface area contributed by atoms with Gasteiger partial charge in [0.05, 0.1) is 27.0 Å². The van der Waals surface area contributed by atoms with Gasteiger partial charge in [-0.05, 0) is 48.0 Å². The number of imidazole rings is 1. The number of nitrogens with zero attached hydrogens (tertiary/aromatic N) is 6. The molecule has 0 unspecified atom stereocenters. The summed E-state index contributed by atoms with van der Waals surface area (Å²) in [6, 6.07) is 29.4. The lowest BCUT2D eigenvalue weighted by molar-refractivity contribution is 0.0952. The van der Waals surface area contributed by atoms with Gasteiger partial charge in [-0.15, -0.1) is 11.3 Å². The van der Waals surface area contributed by atoms with Crippen molar-refractivity contribution in [3.63, 3.8) is 0 Å². The number of benzene rings is 3. The number of halogens is 1. The molecule has 0 aliphatic rings. The van der Waals surface area contributed by atoms with Crippen molar-refractivity contribution in [3.8, 4) is 34.4 Å². The first-order valence-corrected chi connectivity index (χ1v) is 14.3. The van der Waals surface area contributed by atoms with E-state index in [9.17, 15) is 14.4 Å². The van der Waals surface area contributed by atoms with Gasteiger partial charge >= 0.3 is 0 Å². The van der Waals surface area contributed by atoms with Crippen LogP contribution in [0.1, 0.15) is 20.9 Å². The smallest absolute Gasteiger partial charge is 0.253 e. The molecular weight excluding hydrogens is 575 g/mol. The Morgan fingerprint density at radius 3 is 2.55 bits per heavy atom. The summed E-state index contributed by atoms with van der Waals surface area (Å²) in [4.78, 5) is 31.2. The molecule has 0 aliphatic heterocycles. The summed E-state index contributed by atoms with van der Waals surface area (Å²) < 4.78 is 16.6. The zero-order valence-electron chi connectivity index (χ0n) is 22.9. The van der Waals surface area contributed by atoms with Crippen LogP contribution < -0.4 is 11.1 Å². The van der Waals surface area contributed by atoms with Crippen molar-refractivity contribution in [1.82, 2.24) is 29.8 Å². The van der Waals surface area contributed by atoms with E-state index in [1.165, 1.54) is 6.07 Å². The molecule has 212 valence electrons. The molecular formula is C33H21FN8OS. The second-order valence-corrected chi connectivity index (χ2v) is 10.9. The molecule has 11 heteroatoms. The Balaban J connectivity index is 1.23. The first-order valence-electron chi connectivity index (χ1n) is 13.5. The Morgan fingerprint density at radius 2 is 1.77 bits per heavy atom. The van der Waals surface area contributed by atoms with Crippen LogP contribution in [-0.2, 0) is 6.54 Å². The second-order valence-electron chi connectivity index (χ2n) is 9.89. The maximum atomic E-state index is 14.2. The minimum atomic E-state index is -0.594. The average molecular weight is 597 g/mol. The summed E-state index contributed by atoms with van der Waals surface area (Å²) in [5.74, 6) is -0.107. The maximum absolute atomic E-state index is 14.2. The number of hydrogen-bond donors (Lipinski definition) is 2. The highest BCUT2D eigenvalue weighted by molar-refractivity contribution is 7.19. The Bertz CT molecular complexity index is 2240. The Hall–Kier alpha value is -5.99. The van der Waals surface area contributed by atoms with E-state index in [1.807, 2.05) is 89.5 Å². The third-order valence-corrected chi connectivity index (χ3v) is 8.11. The molecule has 0 saturated carbocycles. The van der Waals surface area contributed by atoms with E-state index in [0.29, 0.717) is 33.1 Å². The lowest BCUT2D eigenvalue weighted by atomic mass is 10.1. The van der Waals surface area contributed by atoms with Crippen molar-refractivity contribution in [1.29, 1.82) is 5.26 Å². The van der Waals surface area contributed by atoms with E-state index in [0.717, 1.165) is 39.9 Å². The number of nitrogens with one attached hydrogen (secondary N) is 1. The standard InChI is InChI=1S/C33H21FN8OS/c34-21-15-24(29-27(16-21)39-28(17-35)44-29)33(43)38-18-19-8-10-22(11-9-19)42-31(23-7-4-14-37-30(23)36)41-26-13-12-25(40-32(26)42)20-5-2-1-3-6-20/h1-16H,18H2,(H2,36,37)(H,38,43). The quantitative estimate of drug-likeness (QED) is 0.231. The van der Waals surface area contributed by atoms with Gasteiger partial charge < -0.3 is 11.1 Å². The van der Waals surface area contributed by atoms with Gasteiger partial charge in [-0.25, -0.2) is 24.3 Å². The van der Waals surface area contributed by atoms with Gasteiger partial charge in [0.15, 0.2) is 16.5 Å². The van der Waals surface area contributed by atoms with Gasteiger partial charge in [-0.1, -0.05) is 42.5 Å². The molecule has 3 N–H and O–H groups in total. The van der Waals surface area contributed by atoms with E-state index in [-0.39, 0.29) is 22.6 Å². The normalized spacial score (nSPS) is 11.1. The maximum Gasteiger partial charge on any atom is 0.253 e. The van der Waals surface area contributed by atoms with E-state index < -0.39 is 11.7 Å². The first-order chi connectivity index (χ1) is 21.5. The topological polar surface area (TPSA) is 135 Å². The zero-order valence-corrected chi connectivity index (χ0v) is 23.7. The molecule has 44 heavy (non-hydrogen) atoms. The Labute approximate surface area is 254 Å². The molecule has 0 aliphatic carbocycles. The fourth-order valence-corrected chi connectivity index (χ4v) is 5.87. The summed E-state index contributed by atoms with van der Waals surface area (Å²) in [5.41, 5.74) is 12.1. The number of hydrogen-bond acceptors (Lipinski definition) is 8. The molecule has 3 aromatic carbocycles. The molecule has 0 atom stereocenters. The van der Waals surface area contributed by atoms with Crippen molar-refractivity contribution in [3.05, 3.63) is 119 Å². The molecule has 0 spiro atoms. The van der Waals surface area contributed by atoms with E-state index in [1.54, 1.807) is 6.20 Å². The minimum Gasteiger partial charge on any atom is -0.383 e. The largest absolute Gasteiger partial charge is 0.383 e. The molecule has 4 heterocycles. The van der Waals surface area contributed by atoms with Crippen LogP contribution in [0.5, 0.6) is 0 Å². The van der Waals surface area contributed by atoms with Crippen LogP contribution in [0, 0.1) is 17.1 Å². The molecule has 0 saturated heterocycles. The third kappa shape index (κ3) is 4.89. The number of nitrogens with two attached hydrogens (primary N) is 1. The monoisotopic (exact) mass is 596 g/mol. The zero-order chi connectivity index (χ0) is 30.2. The van der Waals surface area contributed by atoms with E-state index in [2.05, 4.69) is 15.3 Å². The summed E-state index contributed by atoms with van der Waals surface area (Å²) >= 11 is 1.06. The first kappa shape index (κ1) is 26.9. The highest BCUT2D eigenvalue weighted by atomic mass is 32.1. The van der Waals surface area contributed by atoms with Gasteiger partial charge in [0.25, 0.3) is 5.91 Å². The van der Waals surface area contributed by atoms with Crippen molar-refractivity contribution in [2.75, 3.05) is 5.73 Å². The lowest BCUT2D eigenvalue weighted by Gasteiger charge is -2.12. The number of pyridine rings is 2. The number of carbonyl (C=O) groups is 1. The number of nitrogen functional groups attached to an aromatic ring is 1. The molecule has 1 amide bonds. The van der Waals surface area contributed by atoms with Gasteiger partial charge in [-0.2, -0.15) is 5.26 Å². The highest BCUT2D eigenvalue weighted by Crippen LogP contribution is 2.32. The fraction of sp³-hybridized carbons (Fsp3) is 0.0303. The minimum absolute atomic E-state index is 0.138. The summed E-state index contributed by atoms with van der Waals surface area (Å²) in [6.45, 7) is 0.199. The van der Waals surface area contributed by atoms with Crippen LogP contribution in [0.15, 0.2) is 97.2 Å². The molecule has 0 fully saturated rings. The van der Waals surface area contributed by atoms with Gasteiger partial charge in [-0.3, -0.25) is 9.36 Å². The van der Waals surface area contributed by atoms with Crippen molar-refractivity contribution in [2.45, 2.75) is 6.54 Å². The van der Waals surface area contributed by atoms with Crippen LogP contribution in [0.3, 0.4) is 0 Å².